The molecule has 4 heteroatoms. The molecule has 2 aromatic carbocycles. The van der Waals surface area contributed by atoms with E-state index in [0.717, 1.165) is 43.1 Å². The van der Waals surface area contributed by atoms with Crippen molar-refractivity contribution in [3.63, 3.8) is 0 Å². The number of nitrogens with one attached hydrogen (secondary N) is 1. The molecular weight excluding hydrogens is 272 g/mol. The first-order valence-corrected chi connectivity index (χ1v) is 7.84. The van der Waals surface area contributed by atoms with Gasteiger partial charge in [-0.3, -0.25) is 0 Å². The lowest BCUT2D eigenvalue weighted by atomic mass is 10.1. The molecule has 0 saturated carbocycles. The fraction of sp³-hybridized carbons (Fsp3) is 0.278. The number of benzene rings is 2. The number of para-hydroxylation sites is 3. The Bertz CT molecular complexity index is 757. The molecule has 0 bridgehead atoms. The van der Waals surface area contributed by atoms with Gasteiger partial charge in [0.25, 0.3) is 0 Å². The van der Waals surface area contributed by atoms with Gasteiger partial charge in [-0.05, 0) is 37.1 Å². The summed E-state index contributed by atoms with van der Waals surface area (Å²) in [5, 5.41) is 7.96. The van der Waals surface area contributed by atoms with Crippen molar-refractivity contribution in [2.45, 2.75) is 18.9 Å². The first-order valence-electron chi connectivity index (χ1n) is 7.84. The Kier molecular flexibility index (Phi) is 3.52. The highest BCUT2D eigenvalue weighted by Gasteiger charge is 2.21. The molecule has 0 spiro atoms. The highest BCUT2D eigenvalue weighted by Crippen LogP contribution is 2.31. The monoisotopic (exact) mass is 291 g/mol. The second-order valence-corrected chi connectivity index (χ2v) is 5.69. The van der Waals surface area contributed by atoms with E-state index in [1.165, 1.54) is 5.52 Å². The first-order chi connectivity index (χ1) is 10.9. The molecule has 1 N–H and O–H groups in total. The topological polar surface area (TPSA) is 44.0 Å². The molecular formula is C18H19N4. The van der Waals surface area contributed by atoms with E-state index < -0.39 is 0 Å². The summed E-state index contributed by atoms with van der Waals surface area (Å²) in [4.78, 5) is 4.80. The second-order valence-electron chi connectivity index (χ2n) is 5.69. The molecule has 4 nitrogen and oxygen atoms in total. The van der Waals surface area contributed by atoms with Gasteiger partial charge < -0.3 is 9.88 Å². The molecule has 111 valence electrons. The largest absolute Gasteiger partial charge is 0.326 e. The van der Waals surface area contributed by atoms with Crippen molar-refractivity contribution < 1.29 is 0 Å². The number of aromatic nitrogens is 2. The summed E-state index contributed by atoms with van der Waals surface area (Å²) in [7, 11) is 0. The van der Waals surface area contributed by atoms with Gasteiger partial charge in [0, 0.05) is 24.8 Å². The summed E-state index contributed by atoms with van der Waals surface area (Å²) in [6, 6.07) is 19.1. The van der Waals surface area contributed by atoms with Gasteiger partial charge in [0.2, 0.25) is 5.95 Å². The lowest BCUT2D eigenvalue weighted by Crippen LogP contribution is -2.25. The maximum absolute atomic E-state index is 4.80. The SMILES string of the molecule is c1ccc(Nc2nc3ccccc3n2C2CC[N]CC2)cc1. The number of hydrogen-bond donors (Lipinski definition) is 1. The number of piperidine rings is 1. The van der Waals surface area contributed by atoms with Crippen molar-refractivity contribution in [2.75, 3.05) is 18.4 Å². The number of rotatable bonds is 3. The van der Waals surface area contributed by atoms with Crippen LogP contribution in [0.5, 0.6) is 0 Å². The Morgan fingerprint density at radius 2 is 1.64 bits per heavy atom. The molecule has 4 rings (SSSR count). The van der Waals surface area contributed by atoms with Gasteiger partial charge >= 0.3 is 0 Å². The van der Waals surface area contributed by atoms with E-state index >= 15 is 0 Å². The third kappa shape index (κ3) is 2.46. The molecule has 0 unspecified atom stereocenters. The molecule has 1 fully saturated rings. The summed E-state index contributed by atoms with van der Waals surface area (Å²) in [5.41, 5.74) is 3.32. The summed E-state index contributed by atoms with van der Waals surface area (Å²) >= 11 is 0. The van der Waals surface area contributed by atoms with Crippen LogP contribution in [0.15, 0.2) is 54.6 Å². The van der Waals surface area contributed by atoms with E-state index in [1.807, 2.05) is 24.3 Å². The highest BCUT2D eigenvalue weighted by atomic mass is 15.2. The van der Waals surface area contributed by atoms with Crippen LogP contribution in [-0.2, 0) is 0 Å². The minimum absolute atomic E-state index is 0.469. The maximum atomic E-state index is 4.80. The van der Waals surface area contributed by atoms with Crippen LogP contribution in [0.25, 0.3) is 11.0 Å². The Hall–Kier alpha value is -2.33. The van der Waals surface area contributed by atoms with Crippen LogP contribution in [0.4, 0.5) is 11.6 Å². The fourth-order valence-corrected chi connectivity index (χ4v) is 3.15. The molecule has 2 heterocycles. The zero-order chi connectivity index (χ0) is 14.8. The number of imidazole rings is 1. The van der Waals surface area contributed by atoms with Gasteiger partial charge in [-0.2, -0.15) is 0 Å². The maximum Gasteiger partial charge on any atom is 0.208 e. The number of fused-ring (bicyclic) bond motifs is 1. The van der Waals surface area contributed by atoms with E-state index in [1.54, 1.807) is 0 Å². The third-order valence-corrected chi connectivity index (χ3v) is 4.23. The van der Waals surface area contributed by atoms with Crippen molar-refractivity contribution >= 4 is 22.7 Å². The first kappa shape index (κ1) is 13.3. The molecule has 0 amide bonds. The van der Waals surface area contributed by atoms with Crippen LogP contribution < -0.4 is 10.6 Å². The standard InChI is InChI=1S/C18H19N4/c1-2-6-14(7-3-1)20-18-21-16-8-4-5-9-17(16)22(18)15-10-12-19-13-11-15/h1-9,15H,10-13H2,(H,20,21). The normalized spacial score (nSPS) is 16.0. The van der Waals surface area contributed by atoms with E-state index in [4.69, 9.17) is 4.98 Å². The average molecular weight is 291 g/mol. The minimum Gasteiger partial charge on any atom is -0.326 e. The van der Waals surface area contributed by atoms with Gasteiger partial charge in [0.15, 0.2) is 0 Å². The summed E-state index contributed by atoms with van der Waals surface area (Å²) < 4.78 is 2.36. The molecule has 1 aliphatic heterocycles. The second kappa shape index (κ2) is 5.81. The van der Waals surface area contributed by atoms with Crippen LogP contribution in [0.2, 0.25) is 0 Å². The Morgan fingerprint density at radius 1 is 0.909 bits per heavy atom. The van der Waals surface area contributed by atoms with Gasteiger partial charge in [0.1, 0.15) is 0 Å². The van der Waals surface area contributed by atoms with Gasteiger partial charge in [-0.15, -0.1) is 0 Å². The van der Waals surface area contributed by atoms with Crippen molar-refractivity contribution in [1.29, 1.82) is 0 Å². The molecule has 1 saturated heterocycles. The Morgan fingerprint density at radius 3 is 2.45 bits per heavy atom. The van der Waals surface area contributed by atoms with Crippen molar-refractivity contribution in [3.8, 4) is 0 Å². The molecule has 0 atom stereocenters. The number of anilines is 2. The van der Waals surface area contributed by atoms with Gasteiger partial charge in [-0.1, -0.05) is 30.3 Å². The van der Waals surface area contributed by atoms with E-state index in [9.17, 15) is 0 Å². The molecule has 0 aliphatic carbocycles. The van der Waals surface area contributed by atoms with Crippen LogP contribution >= 0.6 is 0 Å². The van der Waals surface area contributed by atoms with Crippen LogP contribution in [0.1, 0.15) is 18.9 Å². The quantitative estimate of drug-likeness (QED) is 0.799. The minimum atomic E-state index is 0.469. The zero-order valence-corrected chi connectivity index (χ0v) is 12.4. The van der Waals surface area contributed by atoms with Crippen molar-refractivity contribution in [3.05, 3.63) is 54.6 Å². The van der Waals surface area contributed by atoms with E-state index in [-0.39, 0.29) is 0 Å². The fourth-order valence-electron chi connectivity index (χ4n) is 3.15. The summed E-state index contributed by atoms with van der Waals surface area (Å²) in [5.74, 6) is 0.930. The number of nitrogens with zero attached hydrogens (tertiary/aromatic N) is 3. The average Bonchev–Trinajstić information content (AvgIpc) is 2.94. The predicted octanol–water partition coefficient (Wildman–Crippen LogP) is 3.72. The highest BCUT2D eigenvalue weighted by molar-refractivity contribution is 5.79. The van der Waals surface area contributed by atoms with E-state index in [0.29, 0.717) is 6.04 Å². The lowest BCUT2D eigenvalue weighted by molar-refractivity contribution is 0.373. The van der Waals surface area contributed by atoms with Gasteiger partial charge in [0.05, 0.1) is 11.0 Å². The zero-order valence-electron chi connectivity index (χ0n) is 12.4. The molecule has 1 aromatic heterocycles. The Labute approximate surface area is 130 Å². The lowest BCUT2D eigenvalue weighted by Gasteiger charge is -2.25. The molecule has 22 heavy (non-hydrogen) atoms. The molecule has 3 aromatic rings. The van der Waals surface area contributed by atoms with Crippen molar-refractivity contribution in [2.24, 2.45) is 0 Å². The Balaban J connectivity index is 1.79. The van der Waals surface area contributed by atoms with Crippen LogP contribution in [-0.4, -0.2) is 22.6 Å². The van der Waals surface area contributed by atoms with Crippen LogP contribution in [0.3, 0.4) is 0 Å². The van der Waals surface area contributed by atoms with Crippen molar-refractivity contribution in [1.82, 2.24) is 14.9 Å². The molecule has 1 aliphatic rings. The summed E-state index contributed by atoms with van der Waals surface area (Å²) in [6.45, 7) is 1.89. The molecule has 1 radical (unpaired) electrons. The third-order valence-electron chi connectivity index (χ3n) is 4.23. The van der Waals surface area contributed by atoms with E-state index in [2.05, 4.69) is 45.5 Å². The van der Waals surface area contributed by atoms with Crippen LogP contribution in [0, 0.1) is 0 Å². The number of hydrogen-bond acceptors (Lipinski definition) is 2. The summed E-state index contributed by atoms with van der Waals surface area (Å²) in [6.07, 6.45) is 2.17. The van der Waals surface area contributed by atoms with Gasteiger partial charge in [-0.25, -0.2) is 10.3 Å². The predicted molar refractivity (Wildman–Crippen MR) is 89.6 cm³/mol. The smallest absolute Gasteiger partial charge is 0.208 e.